The van der Waals surface area contributed by atoms with Crippen molar-refractivity contribution in [1.82, 2.24) is 0 Å². The number of nitrogens with one attached hydrogen (secondary N) is 1. The molecule has 0 saturated carbocycles. The minimum absolute atomic E-state index is 0.545. The van der Waals surface area contributed by atoms with Crippen LogP contribution in [-0.4, -0.2) is 18.9 Å². The summed E-state index contributed by atoms with van der Waals surface area (Å²) in [7, 11) is -0.860. The van der Waals surface area contributed by atoms with E-state index in [1.165, 1.54) is 5.56 Å². The summed E-state index contributed by atoms with van der Waals surface area (Å²) < 4.78 is 11.3. The van der Waals surface area contributed by atoms with Crippen molar-refractivity contribution in [3.05, 3.63) is 71.3 Å². The zero-order chi connectivity index (χ0) is 15.8. The minimum Gasteiger partial charge on any atom is -0.334 e. The molecule has 0 bridgehead atoms. The molecule has 116 valence electrons. The van der Waals surface area contributed by atoms with E-state index in [2.05, 4.69) is 12.1 Å². The van der Waals surface area contributed by atoms with Crippen LogP contribution in [0.25, 0.3) is 0 Å². The fraction of sp³-hybridized carbons (Fsp3) is 0.278. The highest BCUT2D eigenvalue weighted by Gasteiger charge is 2.11. The summed E-state index contributed by atoms with van der Waals surface area (Å²) in [6.07, 6.45) is 0.788. The second-order valence-electron chi connectivity index (χ2n) is 4.76. The summed E-state index contributed by atoms with van der Waals surface area (Å²) in [4.78, 5) is 0. The second-order valence-corrected chi connectivity index (χ2v) is 6.26. The number of hydrogen-bond donors (Lipinski definition) is 1. The van der Waals surface area contributed by atoms with E-state index in [1.54, 1.807) is 0 Å². The highest BCUT2D eigenvalue weighted by Crippen LogP contribution is 2.41. The van der Waals surface area contributed by atoms with Crippen LogP contribution in [0.4, 0.5) is 0 Å². The Hall–Kier alpha value is -1.54. The molecule has 2 aromatic rings. The van der Waals surface area contributed by atoms with Gasteiger partial charge >= 0.3 is 0 Å². The maximum Gasteiger partial charge on any atom is 0.175 e. The Bertz CT molecular complexity index is 578. The number of rotatable bonds is 8. The smallest absolute Gasteiger partial charge is 0.175 e. The van der Waals surface area contributed by atoms with Crippen molar-refractivity contribution < 1.29 is 9.05 Å². The molecule has 1 N–H and O–H groups in total. The SMILES string of the molecule is CCOP(Cc1ccc(C(=N)c2ccccc2)cc1)OCC. The summed E-state index contributed by atoms with van der Waals surface area (Å²) >= 11 is 0. The summed E-state index contributed by atoms with van der Waals surface area (Å²) in [5.41, 5.74) is 3.58. The third-order valence-electron chi connectivity index (χ3n) is 3.16. The Balaban J connectivity index is 2.05. The number of hydrogen-bond acceptors (Lipinski definition) is 3. The van der Waals surface area contributed by atoms with Crippen LogP contribution in [0.1, 0.15) is 30.5 Å². The van der Waals surface area contributed by atoms with Gasteiger partial charge in [-0.05, 0) is 25.0 Å². The molecule has 0 amide bonds. The summed E-state index contributed by atoms with van der Waals surface area (Å²) in [5.74, 6) is 0. The van der Waals surface area contributed by atoms with Gasteiger partial charge in [-0.1, -0.05) is 54.6 Å². The lowest BCUT2D eigenvalue weighted by atomic mass is 10.0. The first-order chi connectivity index (χ1) is 10.7. The lowest BCUT2D eigenvalue weighted by Crippen LogP contribution is -2.01. The highest BCUT2D eigenvalue weighted by molar-refractivity contribution is 7.46. The first-order valence-electron chi connectivity index (χ1n) is 7.51. The van der Waals surface area contributed by atoms with Gasteiger partial charge in [-0.3, -0.25) is 5.41 Å². The molecule has 0 aliphatic carbocycles. The molecule has 0 spiro atoms. The Morgan fingerprint density at radius 1 is 0.864 bits per heavy atom. The Morgan fingerprint density at radius 2 is 1.41 bits per heavy atom. The first kappa shape index (κ1) is 16.8. The maximum absolute atomic E-state index is 8.27. The zero-order valence-electron chi connectivity index (χ0n) is 13.1. The molecule has 0 aliphatic rings. The molecule has 0 heterocycles. The van der Waals surface area contributed by atoms with Crippen LogP contribution in [0, 0.1) is 5.41 Å². The van der Waals surface area contributed by atoms with Crippen molar-refractivity contribution in [3.8, 4) is 0 Å². The average molecular weight is 315 g/mol. The van der Waals surface area contributed by atoms with Crippen LogP contribution in [-0.2, 0) is 15.2 Å². The second kappa shape index (κ2) is 8.79. The van der Waals surface area contributed by atoms with Gasteiger partial charge < -0.3 is 9.05 Å². The minimum atomic E-state index is -0.860. The van der Waals surface area contributed by atoms with E-state index >= 15 is 0 Å². The monoisotopic (exact) mass is 315 g/mol. The molecule has 0 fully saturated rings. The number of benzene rings is 2. The third kappa shape index (κ3) is 4.74. The molecule has 22 heavy (non-hydrogen) atoms. The molecular weight excluding hydrogens is 293 g/mol. The molecule has 0 saturated heterocycles. The topological polar surface area (TPSA) is 42.3 Å². The van der Waals surface area contributed by atoms with Crippen molar-refractivity contribution in [3.63, 3.8) is 0 Å². The van der Waals surface area contributed by atoms with Gasteiger partial charge in [-0.15, -0.1) is 0 Å². The van der Waals surface area contributed by atoms with E-state index in [1.807, 2.05) is 56.3 Å². The molecule has 0 atom stereocenters. The summed E-state index contributed by atoms with van der Waals surface area (Å²) in [5, 5.41) is 8.27. The van der Waals surface area contributed by atoms with Crippen molar-refractivity contribution >= 4 is 14.1 Å². The molecule has 3 nitrogen and oxygen atoms in total. The lowest BCUT2D eigenvalue weighted by Gasteiger charge is -2.15. The van der Waals surface area contributed by atoms with Crippen LogP contribution in [0.15, 0.2) is 54.6 Å². The van der Waals surface area contributed by atoms with Crippen LogP contribution in [0.3, 0.4) is 0 Å². The van der Waals surface area contributed by atoms with E-state index in [0.717, 1.165) is 17.3 Å². The summed E-state index contributed by atoms with van der Waals surface area (Å²) in [6, 6.07) is 17.9. The highest BCUT2D eigenvalue weighted by atomic mass is 31.2. The standard InChI is InChI=1S/C18H22NO2P/c1-3-20-22(21-4-2)14-15-10-12-17(13-11-15)18(19)16-8-6-5-7-9-16/h5-13,19H,3-4,14H2,1-2H3. The Morgan fingerprint density at radius 3 is 1.95 bits per heavy atom. The predicted molar refractivity (Wildman–Crippen MR) is 92.7 cm³/mol. The van der Waals surface area contributed by atoms with Crippen LogP contribution < -0.4 is 0 Å². The van der Waals surface area contributed by atoms with Crippen molar-refractivity contribution in [1.29, 1.82) is 5.41 Å². The van der Waals surface area contributed by atoms with Gasteiger partial charge in [0.25, 0.3) is 0 Å². The Kier molecular flexibility index (Phi) is 6.73. The largest absolute Gasteiger partial charge is 0.334 e. The van der Waals surface area contributed by atoms with Gasteiger partial charge in [0.2, 0.25) is 0 Å². The molecule has 2 rings (SSSR count). The van der Waals surface area contributed by atoms with Gasteiger partial charge in [0.1, 0.15) is 0 Å². The van der Waals surface area contributed by atoms with Crippen molar-refractivity contribution in [2.24, 2.45) is 0 Å². The van der Waals surface area contributed by atoms with Gasteiger partial charge in [-0.2, -0.15) is 0 Å². The van der Waals surface area contributed by atoms with Crippen LogP contribution >= 0.6 is 8.38 Å². The van der Waals surface area contributed by atoms with Gasteiger partial charge in [-0.25, -0.2) is 0 Å². The quantitative estimate of drug-likeness (QED) is 0.551. The van der Waals surface area contributed by atoms with Gasteiger partial charge in [0, 0.05) is 11.7 Å². The average Bonchev–Trinajstić information content (AvgIpc) is 2.56. The van der Waals surface area contributed by atoms with Gasteiger partial charge in [0.05, 0.1) is 18.9 Å². The molecule has 0 radical (unpaired) electrons. The van der Waals surface area contributed by atoms with E-state index in [9.17, 15) is 0 Å². The third-order valence-corrected chi connectivity index (χ3v) is 4.88. The van der Waals surface area contributed by atoms with E-state index in [-0.39, 0.29) is 0 Å². The van der Waals surface area contributed by atoms with E-state index in [0.29, 0.717) is 18.9 Å². The Labute approximate surface area is 133 Å². The van der Waals surface area contributed by atoms with E-state index in [4.69, 9.17) is 14.5 Å². The molecule has 4 heteroatoms. The van der Waals surface area contributed by atoms with Crippen LogP contribution in [0.2, 0.25) is 0 Å². The normalized spacial score (nSPS) is 10.9. The first-order valence-corrected chi connectivity index (χ1v) is 8.87. The molecule has 0 unspecified atom stereocenters. The van der Waals surface area contributed by atoms with E-state index < -0.39 is 8.38 Å². The fourth-order valence-corrected chi connectivity index (χ4v) is 3.46. The van der Waals surface area contributed by atoms with Gasteiger partial charge in [0.15, 0.2) is 8.38 Å². The fourth-order valence-electron chi connectivity index (χ4n) is 2.11. The molecular formula is C18H22NO2P. The maximum atomic E-state index is 8.27. The molecule has 0 aromatic heterocycles. The molecule has 0 aliphatic heterocycles. The molecule has 2 aromatic carbocycles. The predicted octanol–water partition coefficient (Wildman–Crippen LogP) is 4.99. The van der Waals surface area contributed by atoms with Crippen LogP contribution in [0.5, 0.6) is 0 Å². The van der Waals surface area contributed by atoms with Crippen molar-refractivity contribution in [2.45, 2.75) is 20.0 Å². The summed E-state index contributed by atoms with van der Waals surface area (Å²) in [6.45, 7) is 5.31. The van der Waals surface area contributed by atoms with Crippen molar-refractivity contribution in [2.75, 3.05) is 13.2 Å². The lowest BCUT2D eigenvalue weighted by molar-refractivity contribution is 0.268. The zero-order valence-corrected chi connectivity index (χ0v) is 14.0.